The number of aryl methyl sites for hydroxylation is 3. The van der Waals surface area contributed by atoms with Crippen LogP contribution in [-0.4, -0.2) is 5.78 Å². The van der Waals surface area contributed by atoms with Gasteiger partial charge >= 0.3 is 0 Å². The lowest BCUT2D eigenvalue weighted by atomic mass is 9.98. The van der Waals surface area contributed by atoms with Crippen molar-refractivity contribution in [1.82, 2.24) is 0 Å². The number of Topliss-reactive ketones (excluding diaryl/α,β-unsaturated/α-hetero) is 1. The summed E-state index contributed by atoms with van der Waals surface area (Å²) in [7, 11) is 0. The van der Waals surface area contributed by atoms with Crippen molar-refractivity contribution in [1.29, 1.82) is 0 Å². The molecule has 0 atom stereocenters. The lowest BCUT2D eigenvalue weighted by molar-refractivity contribution is 0.0982. The molecule has 0 heterocycles. The van der Waals surface area contributed by atoms with E-state index in [4.69, 9.17) is 0 Å². The molecule has 0 aliphatic rings. The first-order valence-corrected chi connectivity index (χ1v) is 7.37. The molecule has 2 aromatic rings. The molecular weight excluding hydrogens is 244 g/mol. The summed E-state index contributed by atoms with van der Waals surface area (Å²) in [5, 5.41) is 0. The van der Waals surface area contributed by atoms with Crippen LogP contribution in [0.4, 0.5) is 0 Å². The zero-order valence-electron chi connectivity index (χ0n) is 12.4. The Bertz CT molecular complexity index is 584. The summed E-state index contributed by atoms with van der Waals surface area (Å²) < 4.78 is 0. The quantitative estimate of drug-likeness (QED) is 0.689. The van der Waals surface area contributed by atoms with E-state index in [9.17, 15) is 4.79 Å². The first-order chi connectivity index (χ1) is 9.70. The minimum atomic E-state index is 0.242. The van der Waals surface area contributed by atoms with Crippen molar-refractivity contribution < 1.29 is 4.79 Å². The Hall–Kier alpha value is -1.89. The van der Waals surface area contributed by atoms with Crippen molar-refractivity contribution in [2.75, 3.05) is 0 Å². The average Bonchev–Trinajstić information content (AvgIpc) is 2.47. The fraction of sp³-hybridized carbons (Fsp3) is 0.316. The molecule has 0 aliphatic heterocycles. The standard InChI is InChI=1S/C19H22O/c1-3-7-16-9-6-11-18(14-16)19(20)13-12-17-10-5-4-8-15(17)2/h4-6,8-11,14H,3,7,12-13H2,1-2H3. The second-order valence-corrected chi connectivity index (χ2v) is 5.30. The van der Waals surface area contributed by atoms with E-state index >= 15 is 0 Å². The van der Waals surface area contributed by atoms with E-state index in [1.54, 1.807) is 0 Å². The Morgan fingerprint density at radius 3 is 2.55 bits per heavy atom. The molecule has 0 saturated heterocycles. The van der Waals surface area contributed by atoms with Crippen LogP contribution < -0.4 is 0 Å². The smallest absolute Gasteiger partial charge is 0.163 e. The predicted octanol–water partition coefficient (Wildman–Crippen LogP) is 4.76. The van der Waals surface area contributed by atoms with Crippen molar-refractivity contribution in [2.24, 2.45) is 0 Å². The maximum absolute atomic E-state index is 12.3. The molecule has 0 N–H and O–H groups in total. The molecule has 0 saturated carbocycles. The summed E-state index contributed by atoms with van der Waals surface area (Å²) in [6.07, 6.45) is 3.56. The van der Waals surface area contributed by atoms with Crippen molar-refractivity contribution in [3.05, 3.63) is 70.8 Å². The van der Waals surface area contributed by atoms with Crippen LogP contribution >= 0.6 is 0 Å². The van der Waals surface area contributed by atoms with Crippen LogP contribution in [0, 0.1) is 6.92 Å². The fourth-order valence-corrected chi connectivity index (χ4v) is 2.47. The molecule has 1 heteroatoms. The fourth-order valence-electron chi connectivity index (χ4n) is 2.47. The SMILES string of the molecule is CCCc1cccc(C(=O)CCc2ccccc2C)c1. The third-order valence-electron chi connectivity index (χ3n) is 3.67. The number of rotatable bonds is 6. The molecule has 20 heavy (non-hydrogen) atoms. The third-order valence-corrected chi connectivity index (χ3v) is 3.67. The zero-order valence-corrected chi connectivity index (χ0v) is 12.4. The van der Waals surface area contributed by atoms with Crippen LogP contribution in [0.15, 0.2) is 48.5 Å². The Morgan fingerprint density at radius 2 is 1.80 bits per heavy atom. The lowest BCUT2D eigenvalue weighted by Crippen LogP contribution is -2.02. The molecular formula is C19H22O. The van der Waals surface area contributed by atoms with Crippen molar-refractivity contribution in [3.8, 4) is 0 Å². The van der Waals surface area contributed by atoms with E-state index in [0.717, 1.165) is 24.8 Å². The normalized spacial score (nSPS) is 10.5. The van der Waals surface area contributed by atoms with Gasteiger partial charge in [-0.3, -0.25) is 4.79 Å². The molecule has 2 aromatic carbocycles. The maximum Gasteiger partial charge on any atom is 0.163 e. The van der Waals surface area contributed by atoms with Gasteiger partial charge in [-0.2, -0.15) is 0 Å². The highest BCUT2D eigenvalue weighted by Gasteiger charge is 2.07. The van der Waals surface area contributed by atoms with Gasteiger partial charge in [0, 0.05) is 12.0 Å². The summed E-state index contributed by atoms with van der Waals surface area (Å²) in [4.78, 5) is 12.3. The van der Waals surface area contributed by atoms with E-state index in [2.05, 4.69) is 32.0 Å². The highest BCUT2D eigenvalue weighted by molar-refractivity contribution is 5.96. The van der Waals surface area contributed by atoms with Gasteiger partial charge in [-0.05, 0) is 42.5 Å². The van der Waals surface area contributed by atoms with Gasteiger partial charge in [-0.1, -0.05) is 55.8 Å². The van der Waals surface area contributed by atoms with Gasteiger partial charge in [-0.25, -0.2) is 0 Å². The molecule has 0 bridgehead atoms. The number of carbonyl (C=O) groups excluding carboxylic acids is 1. The Balaban J connectivity index is 2.01. The van der Waals surface area contributed by atoms with Crippen LogP contribution in [0.5, 0.6) is 0 Å². The monoisotopic (exact) mass is 266 g/mol. The van der Waals surface area contributed by atoms with Crippen LogP contribution in [0.3, 0.4) is 0 Å². The molecule has 104 valence electrons. The van der Waals surface area contributed by atoms with Gasteiger partial charge in [0.25, 0.3) is 0 Å². The van der Waals surface area contributed by atoms with E-state index < -0.39 is 0 Å². The van der Waals surface area contributed by atoms with Crippen LogP contribution in [0.25, 0.3) is 0 Å². The first-order valence-electron chi connectivity index (χ1n) is 7.37. The molecule has 0 fully saturated rings. The Kier molecular flexibility index (Phi) is 5.11. The van der Waals surface area contributed by atoms with Crippen molar-refractivity contribution >= 4 is 5.78 Å². The summed E-state index contributed by atoms with van der Waals surface area (Å²) in [6, 6.07) is 16.3. The topological polar surface area (TPSA) is 17.1 Å². The minimum absolute atomic E-state index is 0.242. The predicted molar refractivity (Wildman–Crippen MR) is 84.3 cm³/mol. The third kappa shape index (κ3) is 3.80. The summed E-state index contributed by atoms with van der Waals surface area (Å²) >= 11 is 0. The molecule has 2 rings (SSSR count). The molecule has 0 radical (unpaired) electrons. The molecule has 0 unspecified atom stereocenters. The molecule has 0 aliphatic carbocycles. The van der Waals surface area contributed by atoms with Gasteiger partial charge in [0.1, 0.15) is 0 Å². The highest BCUT2D eigenvalue weighted by atomic mass is 16.1. The van der Waals surface area contributed by atoms with Gasteiger partial charge in [0.05, 0.1) is 0 Å². The van der Waals surface area contributed by atoms with Crippen LogP contribution in [-0.2, 0) is 12.8 Å². The lowest BCUT2D eigenvalue weighted by Gasteiger charge is -2.06. The number of carbonyl (C=O) groups is 1. The van der Waals surface area contributed by atoms with Gasteiger partial charge in [0.2, 0.25) is 0 Å². The van der Waals surface area contributed by atoms with E-state index in [0.29, 0.717) is 6.42 Å². The van der Waals surface area contributed by atoms with Crippen molar-refractivity contribution in [3.63, 3.8) is 0 Å². The Morgan fingerprint density at radius 1 is 1.00 bits per heavy atom. The summed E-state index contributed by atoms with van der Waals surface area (Å²) in [6.45, 7) is 4.26. The number of benzene rings is 2. The molecule has 1 nitrogen and oxygen atoms in total. The molecule has 0 spiro atoms. The molecule has 0 amide bonds. The maximum atomic E-state index is 12.3. The van der Waals surface area contributed by atoms with E-state index in [-0.39, 0.29) is 5.78 Å². The van der Waals surface area contributed by atoms with E-state index in [1.807, 2.05) is 30.3 Å². The van der Waals surface area contributed by atoms with Crippen LogP contribution in [0.1, 0.15) is 46.8 Å². The van der Waals surface area contributed by atoms with Gasteiger partial charge < -0.3 is 0 Å². The average molecular weight is 266 g/mol. The highest BCUT2D eigenvalue weighted by Crippen LogP contribution is 2.14. The van der Waals surface area contributed by atoms with Gasteiger partial charge in [0.15, 0.2) is 5.78 Å². The van der Waals surface area contributed by atoms with Crippen LogP contribution in [0.2, 0.25) is 0 Å². The Labute approximate surface area is 121 Å². The van der Waals surface area contributed by atoms with Gasteiger partial charge in [-0.15, -0.1) is 0 Å². The van der Waals surface area contributed by atoms with Crippen molar-refractivity contribution in [2.45, 2.75) is 39.5 Å². The number of hydrogen-bond acceptors (Lipinski definition) is 1. The first kappa shape index (κ1) is 14.5. The zero-order chi connectivity index (χ0) is 14.4. The number of hydrogen-bond donors (Lipinski definition) is 0. The number of ketones is 1. The minimum Gasteiger partial charge on any atom is -0.294 e. The van der Waals surface area contributed by atoms with E-state index in [1.165, 1.54) is 16.7 Å². The summed E-state index contributed by atoms with van der Waals surface area (Å²) in [5.41, 5.74) is 4.64. The summed E-state index contributed by atoms with van der Waals surface area (Å²) in [5.74, 6) is 0.242. The second kappa shape index (κ2) is 7.04. The molecule has 0 aromatic heterocycles. The largest absolute Gasteiger partial charge is 0.294 e. The second-order valence-electron chi connectivity index (χ2n) is 5.30.